The summed E-state index contributed by atoms with van der Waals surface area (Å²) in [5, 5.41) is 22.1. The minimum Gasteiger partial charge on any atom is -0.369 e. The van der Waals surface area contributed by atoms with E-state index in [0.29, 0.717) is 32.9 Å². The summed E-state index contributed by atoms with van der Waals surface area (Å²) in [4.78, 5) is 42.2. The Labute approximate surface area is 260 Å². The van der Waals surface area contributed by atoms with Crippen molar-refractivity contribution in [2.24, 2.45) is 10.2 Å². The van der Waals surface area contributed by atoms with Crippen molar-refractivity contribution in [3.8, 4) is 6.07 Å². The van der Waals surface area contributed by atoms with Crippen molar-refractivity contribution in [3.63, 3.8) is 0 Å². The van der Waals surface area contributed by atoms with E-state index in [4.69, 9.17) is 4.74 Å². The Bertz CT molecular complexity index is 1730. The minimum absolute atomic E-state index is 0.114. The maximum atomic E-state index is 14.6. The third kappa shape index (κ3) is 6.97. The summed E-state index contributed by atoms with van der Waals surface area (Å²) >= 11 is 1.12. The van der Waals surface area contributed by atoms with Gasteiger partial charge in [0.2, 0.25) is 5.91 Å². The summed E-state index contributed by atoms with van der Waals surface area (Å²) in [6, 6.07) is 6.17. The first-order chi connectivity index (χ1) is 20.7. The summed E-state index contributed by atoms with van der Waals surface area (Å²) in [7, 11) is 0. The van der Waals surface area contributed by atoms with Crippen LogP contribution in [0.1, 0.15) is 77.7 Å². The number of amides is 1. The van der Waals surface area contributed by atoms with Crippen LogP contribution in [0.5, 0.6) is 0 Å². The fourth-order valence-corrected chi connectivity index (χ4v) is 6.21. The average Bonchev–Trinajstić information content (AvgIpc) is 3.28. The van der Waals surface area contributed by atoms with E-state index in [1.54, 1.807) is 33.8 Å². The van der Waals surface area contributed by atoms with Crippen molar-refractivity contribution < 1.29 is 13.9 Å². The maximum absolute atomic E-state index is 14.6. The van der Waals surface area contributed by atoms with E-state index in [-0.39, 0.29) is 30.5 Å². The van der Waals surface area contributed by atoms with Gasteiger partial charge in [0.05, 0.1) is 24.1 Å². The first kappa shape index (κ1) is 34.3. The molecule has 3 aromatic rings. The lowest BCUT2D eigenvalue weighted by molar-refractivity contribution is -0.129. The standard InChI is InChI=1S/C31H40FN7O4S/c1-10-35-39(34-9)27-20(6)25-26(40)38(31(7,8)29(41)36-18(2)3)30(42)37(28(25)44-27)17-24(43-19(4)5)23-16-22(32)14-13-21(23)12-11-15-33/h10,13-14,16,18-19,24H,9,11-12,17H2,1-8H3,(H,36,41)/b35-10-. The first-order valence-corrected chi connectivity index (χ1v) is 15.2. The Kier molecular flexibility index (Phi) is 11.0. The third-order valence-electron chi connectivity index (χ3n) is 7.01. The molecule has 236 valence electrons. The molecular formula is C31H40FN7O4S. The number of carbonyl (C=O) groups is 1. The molecule has 0 saturated carbocycles. The molecule has 1 aromatic carbocycles. The van der Waals surface area contributed by atoms with Crippen LogP contribution in [0.2, 0.25) is 0 Å². The van der Waals surface area contributed by atoms with Crippen LogP contribution in [0.4, 0.5) is 9.39 Å². The molecule has 1 amide bonds. The molecule has 0 spiro atoms. The van der Waals surface area contributed by atoms with Crippen LogP contribution in [-0.2, 0) is 28.0 Å². The number of carbonyl (C=O) groups excluding carboxylic acids is 1. The van der Waals surface area contributed by atoms with Crippen molar-refractivity contribution in [1.29, 1.82) is 5.26 Å². The molecule has 1 N–H and O–H groups in total. The number of aromatic nitrogens is 2. The normalized spacial score (nSPS) is 12.7. The Balaban J connectivity index is 2.44. The van der Waals surface area contributed by atoms with Crippen molar-refractivity contribution in [2.75, 3.05) is 5.12 Å². The van der Waals surface area contributed by atoms with Crippen LogP contribution < -0.4 is 21.7 Å². The monoisotopic (exact) mass is 625 g/mol. The van der Waals surface area contributed by atoms with Crippen LogP contribution in [-0.4, -0.2) is 40.1 Å². The molecule has 1 unspecified atom stereocenters. The molecule has 1 atom stereocenters. The van der Waals surface area contributed by atoms with Crippen molar-refractivity contribution >= 4 is 45.4 Å². The van der Waals surface area contributed by atoms with Gasteiger partial charge in [0, 0.05) is 31.0 Å². The van der Waals surface area contributed by atoms with Crippen molar-refractivity contribution in [1.82, 2.24) is 14.5 Å². The van der Waals surface area contributed by atoms with E-state index < -0.39 is 34.6 Å². The number of hydrazone groups is 2. The molecule has 0 aliphatic heterocycles. The van der Waals surface area contributed by atoms with Gasteiger partial charge in [-0.1, -0.05) is 17.4 Å². The summed E-state index contributed by atoms with van der Waals surface area (Å²) in [6.07, 6.45) is 0.914. The van der Waals surface area contributed by atoms with Gasteiger partial charge in [-0.15, -0.1) is 5.12 Å². The number of rotatable bonds is 13. The molecule has 0 saturated heterocycles. The second-order valence-corrected chi connectivity index (χ2v) is 12.4. The lowest BCUT2D eigenvalue weighted by Crippen LogP contribution is -2.56. The molecular weight excluding hydrogens is 585 g/mol. The van der Waals surface area contributed by atoms with Crippen LogP contribution in [0.15, 0.2) is 38.0 Å². The van der Waals surface area contributed by atoms with Crippen LogP contribution in [0.25, 0.3) is 10.2 Å². The minimum atomic E-state index is -1.58. The van der Waals surface area contributed by atoms with Crippen LogP contribution in [0.3, 0.4) is 0 Å². The van der Waals surface area contributed by atoms with E-state index >= 15 is 0 Å². The lowest BCUT2D eigenvalue weighted by Gasteiger charge is -2.29. The zero-order valence-corrected chi connectivity index (χ0v) is 27.3. The van der Waals surface area contributed by atoms with Gasteiger partial charge in [0.15, 0.2) is 0 Å². The molecule has 2 aromatic heterocycles. The largest absolute Gasteiger partial charge is 0.369 e. The molecule has 3 rings (SSSR count). The summed E-state index contributed by atoms with van der Waals surface area (Å²) in [5.74, 6) is -0.999. The van der Waals surface area contributed by atoms with Gasteiger partial charge < -0.3 is 10.1 Å². The number of hydrogen-bond donors (Lipinski definition) is 1. The second kappa shape index (κ2) is 14.1. The lowest BCUT2D eigenvalue weighted by atomic mass is 9.98. The zero-order valence-electron chi connectivity index (χ0n) is 26.5. The summed E-state index contributed by atoms with van der Waals surface area (Å²) in [5.41, 5.74) is -1.26. The van der Waals surface area contributed by atoms with E-state index in [1.807, 2.05) is 13.8 Å². The number of nitriles is 1. The van der Waals surface area contributed by atoms with Gasteiger partial charge in [-0.25, -0.2) is 13.8 Å². The molecule has 0 aliphatic carbocycles. The van der Waals surface area contributed by atoms with E-state index in [2.05, 4.69) is 28.3 Å². The number of benzene rings is 1. The van der Waals surface area contributed by atoms with Gasteiger partial charge >= 0.3 is 5.69 Å². The van der Waals surface area contributed by atoms with Gasteiger partial charge in [-0.2, -0.15) is 15.5 Å². The van der Waals surface area contributed by atoms with Crippen LogP contribution in [0, 0.1) is 24.1 Å². The van der Waals surface area contributed by atoms with Gasteiger partial charge in [-0.3, -0.25) is 14.2 Å². The number of ether oxygens (including phenoxy) is 1. The molecule has 0 fully saturated rings. The van der Waals surface area contributed by atoms with Gasteiger partial charge in [0.25, 0.3) is 5.56 Å². The Morgan fingerprint density at radius 3 is 2.55 bits per heavy atom. The maximum Gasteiger partial charge on any atom is 0.333 e. The fourth-order valence-electron chi connectivity index (χ4n) is 4.98. The number of thiophene rings is 1. The quantitative estimate of drug-likeness (QED) is 0.210. The molecule has 0 aliphatic rings. The number of hydrogen-bond acceptors (Lipinski definition) is 9. The van der Waals surface area contributed by atoms with Crippen molar-refractivity contribution in [3.05, 3.63) is 61.5 Å². The number of aryl methyl sites for hydroxylation is 2. The average molecular weight is 626 g/mol. The highest BCUT2D eigenvalue weighted by Gasteiger charge is 2.36. The number of fused-ring (bicyclic) bond motifs is 1. The summed E-state index contributed by atoms with van der Waals surface area (Å²) in [6.45, 7) is 17.1. The number of anilines is 1. The second-order valence-electron chi connectivity index (χ2n) is 11.4. The fraction of sp³-hybridized carbons (Fsp3) is 0.484. The highest BCUT2D eigenvalue weighted by molar-refractivity contribution is 7.22. The molecule has 11 nitrogen and oxygen atoms in total. The van der Waals surface area contributed by atoms with E-state index in [1.165, 1.54) is 41.9 Å². The van der Waals surface area contributed by atoms with E-state index in [0.717, 1.165) is 15.9 Å². The van der Waals surface area contributed by atoms with E-state index in [9.17, 15) is 24.0 Å². The number of nitrogens with zero attached hydrogens (tertiary/aromatic N) is 6. The molecule has 44 heavy (non-hydrogen) atoms. The first-order valence-electron chi connectivity index (χ1n) is 14.4. The third-order valence-corrected chi connectivity index (χ3v) is 8.29. The summed E-state index contributed by atoms with van der Waals surface area (Å²) < 4.78 is 23.3. The van der Waals surface area contributed by atoms with Crippen LogP contribution >= 0.6 is 11.3 Å². The predicted octanol–water partition coefficient (Wildman–Crippen LogP) is 4.98. The molecule has 0 bridgehead atoms. The molecule has 13 heteroatoms. The van der Waals surface area contributed by atoms with Crippen molar-refractivity contribution in [2.45, 2.75) is 98.6 Å². The molecule has 2 heterocycles. The Morgan fingerprint density at radius 2 is 1.98 bits per heavy atom. The highest BCUT2D eigenvalue weighted by atomic mass is 32.1. The van der Waals surface area contributed by atoms with Gasteiger partial charge in [-0.05, 0) is 85.1 Å². The topological polar surface area (TPSA) is 134 Å². The molecule has 0 radical (unpaired) electrons. The zero-order chi connectivity index (χ0) is 32.9. The number of halogens is 1. The SMILES string of the molecule is C=NN(/N=C\C)c1sc2c(c1C)c(=O)n(C(C)(C)C(=O)NC(C)C)c(=O)n2CC(OC(C)C)c1cc(F)ccc1CCC#N. The number of nitrogens with one attached hydrogen (secondary N) is 1. The predicted molar refractivity (Wildman–Crippen MR) is 173 cm³/mol. The Morgan fingerprint density at radius 1 is 1.30 bits per heavy atom. The smallest absolute Gasteiger partial charge is 0.333 e. The van der Waals surface area contributed by atoms with Gasteiger partial charge in [0.1, 0.15) is 27.3 Å². The Hall–Kier alpha value is -4.15. The highest BCUT2D eigenvalue weighted by Crippen LogP contribution is 2.37.